The monoisotopic (exact) mass is 520 g/mol. The van der Waals surface area contributed by atoms with Gasteiger partial charge in [-0.05, 0) is 64.7 Å². The van der Waals surface area contributed by atoms with E-state index in [1.807, 2.05) is 24.3 Å². The molecule has 0 unspecified atom stereocenters. The molecule has 7 nitrogen and oxygen atoms in total. The summed E-state index contributed by atoms with van der Waals surface area (Å²) in [5.74, 6) is -0.503. The molecule has 10 heteroatoms. The number of nitrogens with one attached hydrogen (secondary N) is 1. The van der Waals surface area contributed by atoms with Crippen molar-refractivity contribution in [3.8, 4) is 0 Å². The summed E-state index contributed by atoms with van der Waals surface area (Å²) in [7, 11) is -3.82. The van der Waals surface area contributed by atoms with Crippen molar-refractivity contribution in [1.82, 2.24) is 4.98 Å². The summed E-state index contributed by atoms with van der Waals surface area (Å²) in [6, 6.07) is 13.4. The lowest BCUT2D eigenvalue weighted by atomic mass is 10.0. The molecule has 31 heavy (non-hydrogen) atoms. The van der Waals surface area contributed by atoms with Gasteiger partial charge in [-0.15, -0.1) is 0 Å². The average Bonchev–Trinajstić information content (AvgIpc) is 2.75. The second-order valence-electron chi connectivity index (χ2n) is 6.99. The number of para-hydroxylation sites is 1. The zero-order valence-corrected chi connectivity index (χ0v) is 19.3. The number of halogens is 2. The number of nitrogens with two attached hydrogens (primary N) is 1. The van der Waals surface area contributed by atoms with Gasteiger partial charge in [0.15, 0.2) is 0 Å². The van der Waals surface area contributed by atoms with Crippen molar-refractivity contribution in [2.45, 2.75) is 17.7 Å². The topological polar surface area (TPSA) is 105 Å². The van der Waals surface area contributed by atoms with Crippen LogP contribution in [-0.2, 0) is 16.4 Å². The van der Waals surface area contributed by atoms with E-state index in [4.69, 9.17) is 17.3 Å². The first kappa shape index (κ1) is 21.6. The molecule has 0 radical (unpaired) electrons. The van der Waals surface area contributed by atoms with Crippen LogP contribution in [0.1, 0.15) is 22.3 Å². The third-order valence-corrected chi connectivity index (χ3v) is 7.54. The summed E-state index contributed by atoms with van der Waals surface area (Å²) in [5.41, 5.74) is 7.56. The number of hydrogen-bond acceptors (Lipinski definition) is 5. The summed E-state index contributed by atoms with van der Waals surface area (Å²) in [6.07, 6.45) is 3.06. The SMILES string of the molecule is NC(=O)c1cc(Br)cnc1Nc1cc(S(=O)(=O)N2CCCc3ccccc32)ccc1Cl. The van der Waals surface area contributed by atoms with Crippen molar-refractivity contribution in [3.05, 3.63) is 75.4 Å². The molecule has 3 aromatic rings. The number of benzene rings is 2. The lowest BCUT2D eigenvalue weighted by Gasteiger charge is -2.30. The van der Waals surface area contributed by atoms with Crippen LogP contribution in [0.2, 0.25) is 5.02 Å². The maximum Gasteiger partial charge on any atom is 0.264 e. The molecule has 0 spiro atoms. The Kier molecular flexibility index (Phi) is 5.92. The molecule has 0 atom stereocenters. The van der Waals surface area contributed by atoms with Gasteiger partial charge in [0.2, 0.25) is 0 Å². The second kappa shape index (κ2) is 8.49. The van der Waals surface area contributed by atoms with Crippen LogP contribution in [0.25, 0.3) is 0 Å². The summed E-state index contributed by atoms with van der Waals surface area (Å²) >= 11 is 9.55. The van der Waals surface area contributed by atoms with Crippen LogP contribution < -0.4 is 15.4 Å². The van der Waals surface area contributed by atoms with Gasteiger partial charge in [0, 0.05) is 17.2 Å². The smallest absolute Gasteiger partial charge is 0.264 e. The molecular weight excluding hydrogens is 504 g/mol. The molecular formula is C21H18BrClN4O3S. The van der Waals surface area contributed by atoms with Crippen molar-refractivity contribution in [2.24, 2.45) is 5.73 Å². The first-order chi connectivity index (χ1) is 14.8. The summed E-state index contributed by atoms with van der Waals surface area (Å²) in [5, 5.41) is 3.21. The fraction of sp³-hybridized carbons (Fsp3) is 0.143. The Labute approximate surface area is 193 Å². The van der Waals surface area contributed by atoms with E-state index < -0.39 is 15.9 Å². The van der Waals surface area contributed by atoms with Crippen LogP contribution in [-0.4, -0.2) is 25.9 Å². The molecule has 1 aliphatic rings. The van der Waals surface area contributed by atoms with Crippen molar-refractivity contribution in [3.63, 3.8) is 0 Å². The number of carbonyl (C=O) groups is 1. The van der Waals surface area contributed by atoms with Crippen LogP contribution in [0, 0.1) is 0 Å². The first-order valence-corrected chi connectivity index (χ1v) is 12.0. The zero-order valence-electron chi connectivity index (χ0n) is 16.2. The van der Waals surface area contributed by atoms with Crippen LogP contribution in [0.4, 0.5) is 17.2 Å². The summed E-state index contributed by atoms with van der Waals surface area (Å²) in [4.78, 5) is 16.0. The van der Waals surface area contributed by atoms with Crippen molar-refractivity contribution in [1.29, 1.82) is 0 Å². The number of nitrogens with zero attached hydrogens (tertiary/aromatic N) is 2. The lowest BCUT2D eigenvalue weighted by Crippen LogP contribution is -2.35. The van der Waals surface area contributed by atoms with Crippen molar-refractivity contribution < 1.29 is 13.2 Å². The third kappa shape index (κ3) is 4.26. The highest BCUT2D eigenvalue weighted by atomic mass is 79.9. The maximum atomic E-state index is 13.4. The summed E-state index contributed by atoms with van der Waals surface area (Å²) in [6.45, 7) is 0.394. The molecule has 0 bridgehead atoms. The van der Waals surface area contributed by atoms with Gasteiger partial charge in [-0.3, -0.25) is 9.10 Å². The number of aryl methyl sites for hydroxylation is 1. The Bertz CT molecular complexity index is 1280. The minimum atomic E-state index is -3.82. The Morgan fingerprint density at radius 2 is 1.97 bits per heavy atom. The molecule has 0 fully saturated rings. The molecule has 4 rings (SSSR count). The number of amides is 1. The molecule has 1 aliphatic heterocycles. The van der Waals surface area contributed by atoms with Gasteiger partial charge in [-0.2, -0.15) is 0 Å². The zero-order chi connectivity index (χ0) is 22.2. The molecule has 2 heterocycles. The number of anilines is 3. The molecule has 1 amide bonds. The van der Waals surface area contributed by atoms with Gasteiger partial charge in [-0.1, -0.05) is 29.8 Å². The maximum absolute atomic E-state index is 13.4. The predicted molar refractivity (Wildman–Crippen MR) is 124 cm³/mol. The normalized spacial score (nSPS) is 13.5. The molecule has 1 aromatic heterocycles. The molecule has 0 aliphatic carbocycles. The number of hydrogen-bond donors (Lipinski definition) is 2. The molecule has 0 saturated heterocycles. The quantitative estimate of drug-likeness (QED) is 0.515. The van der Waals surface area contributed by atoms with Gasteiger partial charge in [-0.25, -0.2) is 13.4 Å². The van der Waals surface area contributed by atoms with E-state index >= 15 is 0 Å². The number of fused-ring (bicyclic) bond motifs is 1. The number of aromatic nitrogens is 1. The highest BCUT2D eigenvalue weighted by Gasteiger charge is 2.29. The van der Waals surface area contributed by atoms with Gasteiger partial charge in [0.25, 0.3) is 15.9 Å². The Morgan fingerprint density at radius 3 is 2.74 bits per heavy atom. The molecule has 2 aromatic carbocycles. The Hall–Kier alpha value is -2.62. The number of primary amides is 1. The number of carbonyl (C=O) groups excluding carboxylic acids is 1. The Balaban J connectivity index is 1.73. The van der Waals surface area contributed by atoms with Gasteiger partial charge >= 0.3 is 0 Å². The number of pyridine rings is 1. The highest BCUT2D eigenvalue weighted by molar-refractivity contribution is 9.10. The fourth-order valence-electron chi connectivity index (χ4n) is 3.49. The minimum absolute atomic E-state index is 0.0776. The van der Waals surface area contributed by atoms with Gasteiger partial charge in [0.05, 0.1) is 26.9 Å². The van der Waals surface area contributed by atoms with E-state index in [-0.39, 0.29) is 21.3 Å². The van der Waals surface area contributed by atoms with Crippen LogP contribution in [0.5, 0.6) is 0 Å². The standard InChI is InChI=1S/C21H18BrClN4O3S/c22-14-10-16(20(24)28)21(25-12-14)26-18-11-15(7-8-17(18)23)31(29,30)27-9-3-5-13-4-1-2-6-19(13)27/h1-2,4,6-8,10-12H,3,5,9H2,(H2,24,28)(H,25,26). The van der Waals surface area contributed by atoms with E-state index in [9.17, 15) is 13.2 Å². The van der Waals surface area contributed by atoms with E-state index in [0.717, 1.165) is 18.4 Å². The summed E-state index contributed by atoms with van der Waals surface area (Å²) < 4.78 is 28.9. The average molecular weight is 522 g/mol. The van der Waals surface area contributed by atoms with E-state index in [1.165, 1.54) is 34.8 Å². The van der Waals surface area contributed by atoms with Crippen LogP contribution >= 0.6 is 27.5 Å². The molecule has 160 valence electrons. The molecule has 3 N–H and O–H groups in total. The minimum Gasteiger partial charge on any atom is -0.365 e. The van der Waals surface area contributed by atoms with Crippen molar-refractivity contribution in [2.75, 3.05) is 16.2 Å². The van der Waals surface area contributed by atoms with Gasteiger partial charge < -0.3 is 11.1 Å². The largest absolute Gasteiger partial charge is 0.365 e. The van der Waals surface area contributed by atoms with E-state index in [0.29, 0.717) is 22.4 Å². The lowest BCUT2D eigenvalue weighted by molar-refractivity contribution is 0.100. The van der Waals surface area contributed by atoms with Crippen LogP contribution in [0.15, 0.2) is 64.1 Å². The van der Waals surface area contributed by atoms with E-state index in [2.05, 4.69) is 26.2 Å². The van der Waals surface area contributed by atoms with Gasteiger partial charge in [0.1, 0.15) is 5.82 Å². The van der Waals surface area contributed by atoms with Crippen molar-refractivity contribution >= 4 is 60.7 Å². The number of sulfonamides is 1. The highest BCUT2D eigenvalue weighted by Crippen LogP contribution is 2.35. The third-order valence-electron chi connectivity index (χ3n) is 4.97. The van der Waals surface area contributed by atoms with E-state index in [1.54, 1.807) is 0 Å². The first-order valence-electron chi connectivity index (χ1n) is 9.40. The Morgan fingerprint density at radius 1 is 1.19 bits per heavy atom. The number of rotatable bonds is 5. The molecule has 0 saturated carbocycles. The second-order valence-corrected chi connectivity index (χ2v) is 10.2. The predicted octanol–water partition coefficient (Wildman–Crippen LogP) is 4.48. The fourth-order valence-corrected chi connectivity index (χ4v) is 5.55. The van der Waals surface area contributed by atoms with Crippen LogP contribution in [0.3, 0.4) is 0 Å².